The van der Waals surface area contributed by atoms with Gasteiger partial charge in [-0.25, -0.2) is 8.78 Å². The first-order valence-corrected chi connectivity index (χ1v) is 12.7. The van der Waals surface area contributed by atoms with Crippen molar-refractivity contribution in [3.63, 3.8) is 0 Å². The van der Waals surface area contributed by atoms with Gasteiger partial charge in [-0.05, 0) is 105 Å². The molecule has 1 aliphatic rings. The third-order valence-corrected chi connectivity index (χ3v) is 6.95. The average molecular weight is 509 g/mol. The summed E-state index contributed by atoms with van der Waals surface area (Å²) in [5.41, 5.74) is 2.48. The normalized spacial score (nSPS) is 15.2. The summed E-state index contributed by atoms with van der Waals surface area (Å²) in [5, 5.41) is 3.56. The van der Waals surface area contributed by atoms with E-state index in [1.165, 1.54) is 31.2 Å². The van der Waals surface area contributed by atoms with Gasteiger partial charge in [-0.15, -0.1) is 0 Å². The van der Waals surface area contributed by atoms with Gasteiger partial charge in [0.25, 0.3) is 0 Å². The molecule has 0 aromatic heterocycles. The number of carbonyl (C=O) groups is 1. The number of carbonyl (C=O) groups excluding carboxylic acids is 1. The van der Waals surface area contributed by atoms with E-state index in [9.17, 15) is 13.6 Å². The molecule has 0 saturated carbocycles. The molecule has 196 valence electrons. The molecule has 37 heavy (non-hydrogen) atoms. The zero-order chi connectivity index (χ0) is 26.2. The Hall–Kier alpha value is -3.45. The van der Waals surface area contributed by atoms with Crippen LogP contribution in [0.15, 0.2) is 66.7 Å². The number of anilines is 1. The zero-order valence-corrected chi connectivity index (χ0v) is 21.4. The van der Waals surface area contributed by atoms with E-state index in [4.69, 9.17) is 9.47 Å². The monoisotopic (exact) mass is 508 g/mol. The maximum atomic E-state index is 13.6. The molecule has 1 fully saturated rings. The number of benzene rings is 3. The highest BCUT2D eigenvalue weighted by molar-refractivity contribution is 5.94. The summed E-state index contributed by atoms with van der Waals surface area (Å²) < 4.78 is 38.3. The first kappa shape index (κ1) is 26.6. The van der Waals surface area contributed by atoms with Crippen molar-refractivity contribution >= 4 is 11.5 Å². The van der Waals surface area contributed by atoms with Crippen LogP contribution in [0.3, 0.4) is 0 Å². The van der Waals surface area contributed by atoms with Gasteiger partial charge in [0.1, 0.15) is 11.6 Å². The molecule has 0 spiro atoms. The van der Waals surface area contributed by atoms with Crippen molar-refractivity contribution in [2.24, 2.45) is 5.92 Å². The molecule has 1 heterocycles. The Balaban J connectivity index is 1.29. The minimum absolute atomic E-state index is 0.0113. The number of ether oxygens (including phenoxy) is 2. The Morgan fingerprint density at radius 1 is 0.973 bits per heavy atom. The summed E-state index contributed by atoms with van der Waals surface area (Å²) in [4.78, 5) is 14.0. The highest BCUT2D eigenvalue weighted by Crippen LogP contribution is 2.34. The number of Topliss-reactive ketones (excluding diaryl/α,β-unsaturated/α-hetero) is 1. The van der Waals surface area contributed by atoms with Crippen molar-refractivity contribution in [1.82, 2.24) is 4.90 Å². The van der Waals surface area contributed by atoms with Crippen molar-refractivity contribution in [3.05, 3.63) is 89.5 Å². The number of piperidine rings is 1. The van der Waals surface area contributed by atoms with Gasteiger partial charge in [-0.3, -0.25) is 4.79 Å². The van der Waals surface area contributed by atoms with Crippen LogP contribution in [0.4, 0.5) is 14.5 Å². The second-order valence-corrected chi connectivity index (χ2v) is 9.48. The molecule has 3 aromatic rings. The van der Waals surface area contributed by atoms with Crippen LogP contribution in [-0.4, -0.2) is 44.0 Å². The van der Waals surface area contributed by atoms with Gasteiger partial charge < -0.3 is 19.7 Å². The van der Waals surface area contributed by atoms with E-state index in [1.807, 2.05) is 12.1 Å². The molecule has 7 heteroatoms. The van der Waals surface area contributed by atoms with Crippen LogP contribution >= 0.6 is 0 Å². The molecule has 1 N–H and O–H groups in total. The maximum Gasteiger partial charge on any atom is 0.161 e. The SMILES string of the molecule is COc1cc(C(C)=O)ccc1OCCCN1CCC(C(Nc2ccc(F)cc2)c2ccc(F)cc2)CC1. The second kappa shape index (κ2) is 12.7. The molecule has 3 aromatic carbocycles. The Kier molecular flexibility index (Phi) is 9.12. The predicted octanol–water partition coefficient (Wildman–Crippen LogP) is 6.51. The average Bonchev–Trinajstić information content (AvgIpc) is 2.92. The number of halogens is 2. The number of likely N-dealkylation sites (tertiary alicyclic amines) is 1. The van der Waals surface area contributed by atoms with E-state index in [0.29, 0.717) is 29.6 Å². The Morgan fingerprint density at radius 2 is 1.62 bits per heavy atom. The highest BCUT2D eigenvalue weighted by atomic mass is 19.1. The fourth-order valence-corrected chi connectivity index (χ4v) is 4.86. The third-order valence-electron chi connectivity index (χ3n) is 6.95. The lowest BCUT2D eigenvalue weighted by Crippen LogP contribution is -2.38. The van der Waals surface area contributed by atoms with Gasteiger partial charge >= 0.3 is 0 Å². The van der Waals surface area contributed by atoms with Crippen LogP contribution < -0.4 is 14.8 Å². The van der Waals surface area contributed by atoms with Crippen LogP contribution in [0.25, 0.3) is 0 Å². The van der Waals surface area contributed by atoms with Crippen molar-refractivity contribution in [3.8, 4) is 11.5 Å². The topological polar surface area (TPSA) is 50.8 Å². The molecule has 1 saturated heterocycles. The van der Waals surface area contributed by atoms with Crippen LogP contribution in [0.2, 0.25) is 0 Å². The first-order valence-electron chi connectivity index (χ1n) is 12.7. The number of hydrogen-bond acceptors (Lipinski definition) is 5. The lowest BCUT2D eigenvalue weighted by Gasteiger charge is -2.37. The first-order chi connectivity index (χ1) is 17.9. The van der Waals surface area contributed by atoms with Crippen LogP contribution in [-0.2, 0) is 0 Å². The fourth-order valence-electron chi connectivity index (χ4n) is 4.86. The number of ketones is 1. The molecule has 4 rings (SSSR count). The lowest BCUT2D eigenvalue weighted by molar-refractivity contribution is 0.101. The molecule has 1 unspecified atom stereocenters. The van der Waals surface area contributed by atoms with Crippen molar-refractivity contribution in [2.45, 2.75) is 32.2 Å². The Bertz CT molecular complexity index is 1160. The number of nitrogens with one attached hydrogen (secondary N) is 1. The quantitative estimate of drug-likeness (QED) is 0.236. The summed E-state index contributed by atoms with van der Waals surface area (Å²) in [7, 11) is 1.57. The van der Waals surface area contributed by atoms with E-state index in [2.05, 4.69) is 10.2 Å². The minimum Gasteiger partial charge on any atom is -0.493 e. The van der Waals surface area contributed by atoms with E-state index in [1.54, 1.807) is 37.4 Å². The predicted molar refractivity (Wildman–Crippen MR) is 141 cm³/mol. The van der Waals surface area contributed by atoms with E-state index < -0.39 is 0 Å². The smallest absolute Gasteiger partial charge is 0.161 e. The molecule has 1 aliphatic heterocycles. The summed E-state index contributed by atoms with van der Waals surface area (Å²) in [6.45, 7) is 4.93. The number of rotatable bonds is 11. The van der Waals surface area contributed by atoms with Crippen molar-refractivity contribution < 1.29 is 23.0 Å². The van der Waals surface area contributed by atoms with Gasteiger partial charge in [-0.1, -0.05) is 12.1 Å². The number of methoxy groups -OCH3 is 1. The summed E-state index contributed by atoms with van der Waals surface area (Å²) in [6.07, 6.45) is 2.87. The second-order valence-electron chi connectivity index (χ2n) is 9.48. The molecule has 0 bridgehead atoms. The van der Waals surface area contributed by atoms with Gasteiger partial charge in [0.05, 0.1) is 19.8 Å². The van der Waals surface area contributed by atoms with E-state index in [0.717, 1.165) is 50.1 Å². The largest absolute Gasteiger partial charge is 0.493 e. The fraction of sp³-hybridized carbons (Fsp3) is 0.367. The van der Waals surface area contributed by atoms with Crippen molar-refractivity contribution in [2.75, 3.05) is 38.7 Å². The summed E-state index contributed by atoms with van der Waals surface area (Å²) >= 11 is 0. The summed E-state index contributed by atoms with van der Waals surface area (Å²) in [6, 6.07) is 18.3. The molecule has 0 aliphatic carbocycles. The van der Waals surface area contributed by atoms with Crippen LogP contribution in [0.1, 0.15) is 48.1 Å². The maximum absolute atomic E-state index is 13.6. The summed E-state index contributed by atoms with van der Waals surface area (Å²) in [5.74, 6) is 1.03. The zero-order valence-electron chi connectivity index (χ0n) is 21.4. The lowest BCUT2D eigenvalue weighted by atomic mass is 9.85. The van der Waals surface area contributed by atoms with Crippen LogP contribution in [0.5, 0.6) is 11.5 Å². The third kappa shape index (κ3) is 7.29. The van der Waals surface area contributed by atoms with Gasteiger partial charge in [0.2, 0.25) is 0 Å². The Labute approximate surface area is 217 Å². The molecule has 5 nitrogen and oxygen atoms in total. The number of hydrogen-bond donors (Lipinski definition) is 1. The van der Waals surface area contributed by atoms with Crippen LogP contribution in [0, 0.1) is 17.6 Å². The standard InChI is InChI=1S/C30H34F2N2O3/c1-21(35)24-6-13-28(29(20-24)36-2)37-19-3-16-34-17-14-23(15-18-34)30(22-4-7-25(31)8-5-22)33-27-11-9-26(32)10-12-27/h4-13,20,23,30,33H,3,14-19H2,1-2H3. The molecule has 0 amide bonds. The molecule has 1 atom stereocenters. The minimum atomic E-state index is -0.271. The molecular weight excluding hydrogens is 474 g/mol. The van der Waals surface area contributed by atoms with E-state index >= 15 is 0 Å². The molecular formula is C30H34F2N2O3. The highest BCUT2D eigenvalue weighted by Gasteiger charge is 2.28. The van der Waals surface area contributed by atoms with Crippen molar-refractivity contribution in [1.29, 1.82) is 0 Å². The molecule has 0 radical (unpaired) electrons. The Morgan fingerprint density at radius 3 is 2.24 bits per heavy atom. The van der Waals surface area contributed by atoms with Gasteiger partial charge in [0.15, 0.2) is 17.3 Å². The van der Waals surface area contributed by atoms with Gasteiger partial charge in [0, 0.05) is 17.8 Å². The number of nitrogens with zero attached hydrogens (tertiary/aromatic N) is 1. The van der Waals surface area contributed by atoms with E-state index in [-0.39, 0.29) is 23.5 Å². The van der Waals surface area contributed by atoms with Gasteiger partial charge in [-0.2, -0.15) is 0 Å².